The monoisotopic (exact) mass is 435 g/mol. The van der Waals surface area contributed by atoms with E-state index in [2.05, 4.69) is 20.4 Å². The van der Waals surface area contributed by atoms with Gasteiger partial charge in [0.25, 0.3) is 0 Å². The van der Waals surface area contributed by atoms with E-state index >= 15 is 0 Å². The van der Waals surface area contributed by atoms with Crippen LogP contribution in [0.15, 0.2) is 77.9 Å². The molecule has 9 heteroatoms. The second kappa shape index (κ2) is 10.4. The molecule has 0 saturated heterocycles. The molecular formula is C22H21N5O3S. The zero-order chi connectivity index (χ0) is 21.3. The van der Waals surface area contributed by atoms with Gasteiger partial charge in [0.05, 0.1) is 18.0 Å². The van der Waals surface area contributed by atoms with Crippen molar-refractivity contribution in [3.63, 3.8) is 0 Å². The highest BCUT2D eigenvalue weighted by molar-refractivity contribution is 7.99. The molecule has 1 amide bonds. The van der Waals surface area contributed by atoms with Crippen molar-refractivity contribution in [1.29, 1.82) is 0 Å². The number of carbonyl (C=O) groups is 1. The SMILES string of the molecule is O=C(CSCc1coc(-c2ccccc2)n1)Nc1cccc(OCCn2cncn2)c1. The van der Waals surface area contributed by atoms with Crippen LogP contribution >= 0.6 is 11.8 Å². The lowest BCUT2D eigenvalue weighted by molar-refractivity contribution is -0.113. The number of amides is 1. The summed E-state index contributed by atoms with van der Waals surface area (Å²) in [6.07, 6.45) is 4.76. The molecule has 0 unspecified atom stereocenters. The zero-order valence-electron chi connectivity index (χ0n) is 16.7. The third-order valence-electron chi connectivity index (χ3n) is 4.23. The molecule has 4 aromatic rings. The molecule has 0 saturated carbocycles. The summed E-state index contributed by atoms with van der Waals surface area (Å²) in [7, 11) is 0. The Balaban J connectivity index is 1.20. The number of oxazole rings is 1. The van der Waals surface area contributed by atoms with Gasteiger partial charge in [-0.05, 0) is 24.3 Å². The smallest absolute Gasteiger partial charge is 0.234 e. The summed E-state index contributed by atoms with van der Waals surface area (Å²) in [5.41, 5.74) is 2.43. The molecule has 0 aliphatic rings. The van der Waals surface area contributed by atoms with Crippen LogP contribution in [0.2, 0.25) is 0 Å². The molecule has 2 aromatic heterocycles. The van der Waals surface area contributed by atoms with Gasteiger partial charge in [-0.15, -0.1) is 11.8 Å². The molecule has 158 valence electrons. The van der Waals surface area contributed by atoms with Gasteiger partial charge in [0.15, 0.2) is 0 Å². The lowest BCUT2D eigenvalue weighted by atomic mass is 10.2. The van der Waals surface area contributed by atoms with Gasteiger partial charge in [0.2, 0.25) is 11.8 Å². The zero-order valence-corrected chi connectivity index (χ0v) is 17.5. The fraction of sp³-hybridized carbons (Fsp3) is 0.182. The summed E-state index contributed by atoms with van der Waals surface area (Å²) in [5.74, 6) is 2.08. The van der Waals surface area contributed by atoms with Gasteiger partial charge >= 0.3 is 0 Å². The Morgan fingerprint density at radius 2 is 2.06 bits per heavy atom. The number of benzene rings is 2. The first-order valence-corrected chi connectivity index (χ1v) is 10.8. The Bertz CT molecular complexity index is 1100. The highest BCUT2D eigenvalue weighted by Gasteiger charge is 2.08. The maximum Gasteiger partial charge on any atom is 0.234 e. The van der Waals surface area contributed by atoms with E-state index in [9.17, 15) is 4.79 Å². The second-order valence-electron chi connectivity index (χ2n) is 6.59. The summed E-state index contributed by atoms with van der Waals surface area (Å²) < 4.78 is 12.9. The number of rotatable bonds is 10. The van der Waals surface area contributed by atoms with E-state index in [1.54, 1.807) is 23.3 Å². The highest BCUT2D eigenvalue weighted by Crippen LogP contribution is 2.21. The van der Waals surface area contributed by atoms with Crippen LogP contribution in [0, 0.1) is 0 Å². The maximum absolute atomic E-state index is 12.3. The number of anilines is 1. The molecule has 0 aliphatic heterocycles. The first kappa shape index (κ1) is 20.7. The Morgan fingerprint density at radius 3 is 2.90 bits per heavy atom. The summed E-state index contributed by atoms with van der Waals surface area (Å²) in [4.78, 5) is 20.6. The van der Waals surface area contributed by atoms with Crippen molar-refractivity contribution in [3.05, 3.63) is 79.2 Å². The minimum atomic E-state index is -0.0865. The number of hydrogen-bond acceptors (Lipinski definition) is 7. The van der Waals surface area contributed by atoms with Crippen LogP contribution in [0.4, 0.5) is 5.69 Å². The normalized spacial score (nSPS) is 10.7. The number of thioether (sulfide) groups is 1. The Labute approximate surface area is 183 Å². The molecular weight excluding hydrogens is 414 g/mol. The first-order valence-electron chi connectivity index (χ1n) is 9.69. The molecule has 0 spiro atoms. The van der Waals surface area contributed by atoms with E-state index in [4.69, 9.17) is 9.15 Å². The second-order valence-corrected chi connectivity index (χ2v) is 7.57. The quantitative estimate of drug-likeness (QED) is 0.404. The molecule has 2 aromatic carbocycles. The van der Waals surface area contributed by atoms with Crippen molar-refractivity contribution < 1.29 is 13.9 Å². The molecule has 0 atom stereocenters. The number of ether oxygens (including phenoxy) is 1. The molecule has 0 aliphatic carbocycles. The molecule has 31 heavy (non-hydrogen) atoms. The molecule has 1 N–H and O–H groups in total. The van der Waals surface area contributed by atoms with Crippen LogP contribution in [-0.2, 0) is 17.1 Å². The first-order chi connectivity index (χ1) is 15.3. The highest BCUT2D eigenvalue weighted by atomic mass is 32.2. The van der Waals surface area contributed by atoms with Crippen LogP contribution in [0.1, 0.15) is 5.69 Å². The predicted molar refractivity (Wildman–Crippen MR) is 119 cm³/mol. The third-order valence-corrected chi connectivity index (χ3v) is 5.20. The average Bonchev–Trinajstić information content (AvgIpc) is 3.47. The number of carbonyl (C=O) groups excluding carboxylic acids is 1. The standard InChI is InChI=1S/C22H21N5O3S/c28-21(14-31-13-19-12-30-22(26-19)17-5-2-1-3-6-17)25-18-7-4-8-20(11-18)29-10-9-27-16-23-15-24-27/h1-8,11-12,15-16H,9-10,13-14H2,(H,25,28). The van der Waals surface area contributed by atoms with Crippen molar-refractivity contribution >= 4 is 23.4 Å². The van der Waals surface area contributed by atoms with Gasteiger partial charge in [-0.3, -0.25) is 4.79 Å². The van der Waals surface area contributed by atoms with Crippen molar-refractivity contribution in [3.8, 4) is 17.2 Å². The van der Waals surface area contributed by atoms with Gasteiger partial charge in [-0.25, -0.2) is 14.6 Å². The van der Waals surface area contributed by atoms with Crippen molar-refractivity contribution in [2.75, 3.05) is 17.7 Å². The number of hydrogen-bond donors (Lipinski definition) is 1. The lowest BCUT2D eigenvalue weighted by Gasteiger charge is -2.09. The molecule has 2 heterocycles. The van der Waals surface area contributed by atoms with Gasteiger partial charge in [0, 0.05) is 23.1 Å². The molecule has 8 nitrogen and oxygen atoms in total. The largest absolute Gasteiger partial charge is 0.492 e. The summed E-state index contributed by atoms with van der Waals surface area (Å²) in [6.45, 7) is 1.06. The number of aromatic nitrogens is 4. The molecule has 0 radical (unpaired) electrons. The lowest BCUT2D eigenvalue weighted by Crippen LogP contribution is -2.14. The molecule has 0 fully saturated rings. The Hall–Kier alpha value is -3.59. The summed E-state index contributed by atoms with van der Waals surface area (Å²) in [6, 6.07) is 17.0. The van der Waals surface area contributed by atoms with Gasteiger partial charge in [-0.2, -0.15) is 5.10 Å². The Kier molecular flexibility index (Phi) is 6.96. The number of nitrogens with zero attached hydrogens (tertiary/aromatic N) is 4. The van der Waals surface area contributed by atoms with E-state index in [1.807, 2.05) is 48.5 Å². The van der Waals surface area contributed by atoms with E-state index in [0.29, 0.717) is 42.0 Å². The fourth-order valence-corrected chi connectivity index (χ4v) is 3.50. The van der Waals surface area contributed by atoms with E-state index in [0.717, 1.165) is 11.3 Å². The van der Waals surface area contributed by atoms with Gasteiger partial charge in [-0.1, -0.05) is 24.3 Å². The van der Waals surface area contributed by atoms with Crippen LogP contribution in [0.5, 0.6) is 5.75 Å². The van der Waals surface area contributed by atoms with E-state index in [1.165, 1.54) is 18.1 Å². The summed E-state index contributed by atoms with van der Waals surface area (Å²) in [5, 5.41) is 6.92. The van der Waals surface area contributed by atoms with E-state index < -0.39 is 0 Å². The average molecular weight is 436 g/mol. The van der Waals surface area contributed by atoms with Crippen molar-refractivity contribution in [2.24, 2.45) is 0 Å². The maximum atomic E-state index is 12.3. The summed E-state index contributed by atoms with van der Waals surface area (Å²) >= 11 is 1.48. The van der Waals surface area contributed by atoms with Crippen LogP contribution < -0.4 is 10.1 Å². The fourth-order valence-electron chi connectivity index (χ4n) is 2.80. The van der Waals surface area contributed by atoms with Crippen molar-refractivity contribution in [2.45, 2.75) is 12.3 Å². The van der Waals surface area contributed by atoms with Crippen molar-refractivity contribution in [1.82, 2.24) is 19.7 Å². The minimum absolute atomic E-state index is 0.0865. The van der Waals surface area contributed by atoms with Crippen LogP contribution in [0.3, 0.4) is 0 Å². The topological polar surface area (TPSA) is 95.1 Å². The predicted octanol–water partition coefficient (Wildman–Crippen LogP) is 3.88. The van der Waals surface area contributed by atoms with Crippen LogP contribution in [-0.4, -0.2) is 38.0 Å². The molecule has 4 rings (SSSR count). The minimum Gasteiger partial charge on any atom is -0.492 e. The van der Waals surface area contributed by atoms with Crippen LogP contribution in [0.25, 0.3) is 11.5 Å². The van der Waals surface area contributed by atoms with E-state index in [-0.39, 0.29) is 5.91 Å². The molecule has 0 bridgehead atoms. The Morgan fingerprint density at radius 1 is 1.16 bits per heavy atom. The van der Waals surface area contributed by atoms with Gasteiger partial charge < -0.3 is 14.5 Å². The van der Waals surface area contributed by atoms with Gasteiger partial charge in [0.1, 0.15) is 31.3 Å². The number of nitrogens with one attached hydrogen (secondary N) is 1. The third kappa shape index (κ3) is 6.19.